The van der Waals surface area contributed by atoms with Gasteiger partial charge in [-0.05, 0) is 52.9 Å². The van der Waals surface area contributed by atoms with Crippen molar-refractivity contribution in [3.05, 3.63) is 0 Å². The maximum Gasteiger partial charge on any atom is 0.0593 e. The lowest BCUT2D eigenvalue weighted by atomic mass is 10.2. The van der Waals surface area contributed by atoms with Gasteiger partial charge in [0, 0.05) is 13.2 Å². The second-order valence-electron chi connectivity index (χ2n) is 4.66. The van der Waals surface area contributed by atoms with Crippen LogP contribution in [-0.2, 0) is 4.74 Å². The molecule has 0 amide bonds. The molecule has 0 atom stereocenters. The molecule has 0 bridgehead atoms. The van der Waals surface area contributed by atoms with Crippen LogP contribution in [0.2, 0.25) is 0 Å². The number of unbranched alkanes of at least 4 members (excludes halogenated alkanes) is 3. The van der Waals surface area contributed by atoms with E-state index in [1.165, 1.54) is 51.7 Å². The van der Waals surface area contributed by atoms with Crippen molar-refractivity contribution in [2.24, 2.45) is 0 Å². The minimum atomic E-state index is 0.832. The Morgan fingerprint density at radius 3 is 2.41 bits per heavy atom. The predicted molar refractivity (Wildman–Crippen MR) is 75.6 cm³/mol. The van der Waals surface area contributed by atoms with Gasteiger partial charge in [0.15, 0.2) is 0 Å². The number of ether oxygens (including phenoxy) is 1. The molecule has 0 radical (unpaired) electrons. The molecule has 0 heterocycles. The first-order valence-electron chi connectivity index (χ1n) is 7.28. The number of hydrogen-bond acceptors (Lipinski definition) is 3. The van der Waals surface area contributed by atoms with Gasteiger partial charge in [-0.25, -0.2) is 0 Å². The lowest BCUT2D eigenvalue weighted by Gasteiger charge is -2.16. The Morgan fingerprint density at radius 1 is 0.941 bits per heavy atom. The number of rotatable bonds is 13. The molecule has 0 rings (SSSR count). The van der Waals surface area contributed by atoms with Crippen LogP contribution in [-0.4, -0.2) is 51.3 Å². The summed E-state index contributed by atoms with van der Waals surface area (Å²) in [5.41, 5.74) is 0. The molecule has 0 unspecified atom stereocenters. The van der Waals surface area contributed by atoms with Gasteiger partial charge in [0.05, 0.1) is 6.61 Å². The van der Waals surface area contributed by atoms with Gasteiger partial charge < -0.3 is 15.0 Å². The summed E-state index contributed by atoms with van der Waals surface area (Å²) in [5.74, 6) is 0. The second-order valence-corrected chi connectivity index (χ2v) is 4.66. The third kappa shape index (κ3) is 13.8. The van der Waals surface area contributed by atoms with Crippen LogP contribution in [0, 0.1) is 0 Å². The zero-order valence-corrected chi connectivity index (χ0v) is 12.1. The van der Waals surface area contributed by atoms with E-state index in [1.807, 2.05) is 6.92 Å². The number of hydrogen-bond donors (Lipinski definition) is 1. The van der Waals surface area contributed by atoms with E-state index in [0.29, 0.717) is 0 Å². The SMILES string of the molecule is CCCNCCCCCCN(C)CCOCC. The summed E-state index contributed by atoms with van der Waals surface area (Å²) in [5, 5.41) is 3.44. The summed E-state index contributed by atoms with van der Waals surface area (Å²) in [4.78, 5) is 2.37. The van der Waals surface area contributed by atoms with Gasteiger partial charge in [0.1, 0.15) is 0 Å². The fraction of sp³-hybridized carbons (Fsp3) is 1.00. The minimum Gasteiger partial charge on any atom is -0.380 e. The van der Waals surface area contributed by atoms with Crippen LogP contribution in [0.1, 0.15) is 46.0 Å². The zero-order valence-electron chi connectivity index (χ0n) is 12.1. The van der Waals surface area contributed by atoms with E-state index in [0.717, 1.165) is 19.8 Å². The molecule has 3 heteroatoms. The molecule has 0 aromatic rings. The highest BCUT2D eigenvalue weighted by atomic mass is 16.5. The van der Waals surface area contributed by atoms with Crippen LogP contribution in [0.3, 0.4) is 0 Å². The van der Waals surface area contributed by atoms with Crippen molar-refractivity contribution in [1.29, 1.82) is 0 Å². The van der Waals surface area contributed by atoms with Crippen LogP contribution in [0.5, 0.6) is 0 Å². The molecule has 0 saturated carbocycles. The summed E-state index contributed by atoms with van der Waals surface area (Å²) < 4.78 is 5.34. The van der Waals surface area contributed by atoms with Crippen LogP contribution in [0.15, 0.2) is 0 Å². The maximum atomic E-state index is 5.34. The largest absolute Gasteiger partial charge is 0.380 e. The third-order valence-electron chi connectivity index (χ3n) is 2.89. The molecule has 0 spiro atoms. The van der Waals surface area contributed by atoms with Gasteiger partial charge in [-0.1, -0.05) is 19.8 Å². The highest BCUT2D eigenvalue weighted by Crippen LogP contribution is 2.00. The van der Waals surface area contributed by atoms with E-state index >= 15 is 0 Å². The highest BCUT2D eigenvalue weighted by Gasteiger charge is 1.97. The van der Waals surface area contributed by atoms with E-state index in [1.54, 1.807) is 0 Å². The average molecular weight is 244 g/mol. The first-order valence-corrected chi connectivity index (χ1v) is 7.28. The Labute approximate surface area is 108 Å². The maximum absolute atomic E-state index is 5.34. The quantitative estimate of drug-likeness (QED) is 0.504. The Hall–Kier alpha value is -0.120. The average Bonchev–Trinajstić information content (AvgIpc) is 2.33. The lowest BCUT2D eigenvalue weighted by molar-refractivity contribution is 0.121. The molecule has 1 N–H and O–H groups in total. The van der Waals surface area contributed by atoms with Crippen LogP contribution in [0.25, 0.3) is 0 Å². The molecule has 0 aliphatic carbocycles. The Balaban J connectivity index is 3.05. The number of nitrogens with one attached hydrogen (secondary N) is 1. The molecule has 0 aromatic carbocycles. The van der Waals surface area contributed by atoms with E-state index in [9.17, 15) is 0 Å². The standard InChI is InChI=1S/C14H32N2O/c1-4-10-15-11-8-6-7-9-12-16(3)13-14-17-5-2/h15H,4-14H2,1-3H3. The van der Waals surface area contributed by atoms with Crippen LogP contribution >= 0.6 is 0 Å². The molecule has 0 aliphatic heterocycles. The Morgan fingerprint density at radius 2 is 1.71 bits per heavy atom. The molecule has 0 saturated heterocycles. The van der Waals surface area contributed by atoms with Crippen LogP contribution < -0.4 is 5.32 Å². The minimum absolute atomic E-state index is 0.832. The van der Waals surface area contributed by atoms with Gasteiger partial charge in [-0.15, -0.1) is 0 Å². The fourth-order valence-corrected chi connectivity index (χ4v) is 1.76. The molecule has 0 fully saturated rings. The molecule has 0 aliphatic rings. The third-order valence-corrected chi connectivity index (χ3v) is 2.89. The number of likely N-dealkylation sites (N-methyl/N-ethyl adjacent to an activating group) is 1. The van der Waals surface area contributed by atoms with E-state index in [-0.39, 0.29) is 0 Å². The summed E-state index contributed by atoms with van der Waals surface area (Å²) in [6, 6.07) is 0. The monoisotopic (exact) mass is 244 g/mol. The van der Waals surface area contributed by atoms with Gasteiger partial charge >= 0.3 is 0 Å². The second kappa shape index (κ2) is 13.9. The first kappa shape index (κ1) is 16.9. The molecular formula is C14H32N2O. The smallest absolute Gasteiger partial charge is 0.0593 e. The molecule has 0 aromatic heterocycles. The van der Waals surface area contributed by atoms with Crippen molar-refractivity contribution in [2.75, 3.05) is 46.4 Å². The summed E-state index contributed by atoms with van der Waals surface area (Å²) >= 11 is 0. The van der Waals surface area contributed by atoms with E-state index in [4.69, 9.17) is 4.74 Å². The molecule has 3 nitrogen and oxygen atoms in total. The number of nitrogens with zero attached hydrogens (tertiary/aromatic N) is 1. The lowest BCUT2D eigenvalue weighted by Crippen LogP contribution is -2.24. The summed E-state index contributed by atoms with van der Waals surface area (Å²) in [7, 11) is 2.18. The van der Waals surface area contributed by atoms with Gasteiger partial charge in [-0.2, -0.15) is 0 Å². The predicted octanol–water partition coefficient (Wildman–Crippen LogP) is 2.51. The zero-order chi connectivity index (χ0) is 12.8. The van der Waals surface area contributed by atoms with Crippen molar-refractivity contribution < 1.29 is 4.74 Å². The van der Waals surface area contributed by atoms with Gasteiger partial charge in [0.25, 0.3) is 0 Å². The molecule has 104 valence electrons. The van der Waals surface area contributed by atoms with Crippen molar-refractivity contribution in [2.45, 2.75) is 46.0 Å². The highest BCUT2D eigenvalue weighted by molar-refractivity contribution is 4.53. The topological polar surface area (TPSA) is 24.5 Å². The van der Waals surface area contributed by atoms with Crippen molar-refractivity contribution in [1.82, 2.24) is 10.2 Å². The van der Waals surface area contributed by atoms with Gasteiger partial charge in [-0.3, -0.25) is 0 Å². The normalized spacial score (nSPS) is 11.3. The molecule has 17 heavy (non-hydrogen) atoms. The van der Waals surface area contributed by atoms with Gasteiger partial charge in [0.2, 0.25) is 0 Å². The molecular weight excluding hydrogens is 212 g/mol. The fourth-order valence-electron chi connectivity index (χ4n) is 1.76. The van der Waals surface area contributed by atoms with Crippen LogP contribution in [0.4, 0.5) is 0 Å². The van der Waals surface area contributed by atoms with E-state index < -0.39 is 0 Å². The van der Waals surface area contributed by atoms with Crippen molar-refractivity contribution in [3.8, 4) is 0 Å². The Bertz CT molecular complexity index is 142. The summed E-state index contributed by atoms with van der Waals surface area (Å²) in [6.07, 6.45) is 6.59. The van der Waals surface area contributed by atoms with Crippen molar-refractivity contribution in [3.63, 3.8) is 0 Å². The van der Waals surface area contributed by atoms with Crippen molar-refractivity contribution >= 4 is 0 Å². The Kier molecular flexibility index (Phi) is 13.8. The van der Waals surface area contributed by atoms with E-state index in [2.05, 4.69) is 24.2 Å². The first-order chi connectivity index (χ1) is 8.31. The summed E-state index contributed by atoms with van der Waals surface area (Å²) in [6.45, 7) is 10.6.